The number of hydrogen-bond donors (Lipinski definition) is 1. The fourth-order valence-corrected chi connectivity index (χ4v) is 2.29. The van der Waals surface area contributed by atoms with Crippen LogP contribution in [-0.4, -0.2) is 62.7 Å². The highest BCUT2D eigenvalue weighted by Gasteiger charge is 2.11. The Kier molecular flexibility index (Phi) is 7.82. The maximum Gasteiger partial charge on any atom is 0.0109 e. The molecule has 1 N–H and O–H groups in total. The van der Waals surface area contributed by atoms with Crippen LogP contribution >= 0.6 is 0 Å². The van der Waals surface area contributed by atoms with Crippen LogP contribution in [0.4, 0.5) is 0 Å². The highest BCUT2D eigenvalue weighted by Crippen LogP contribution is 2.06. The van der Waals surface area contributed by atoms with Crippen molar-refractivity contribution in [1.29, 1.82) is 0 Å². The summed E-state index contributed by atoms with van der Waals surface area (Å²) >= 11 is 0. The Hall–Kier alpha value is -0.120. The van der Waals surface area contributed by atoms with Gasteiger partial charge in [-0.25, -0.2) is 0 Å². The molecule has 0 aromatic carbocycles. The maximum atomic E-state index is 3.50. The van der Waals surface area contributed by atoms with Gasteiger partial charge in [-0.3, -0.25) is 0 Å². The molecule has 17 heavy (non-hydrogen) atoms. The third kappa shape index (κ3) is 7.74. The largest absolute Gasteiger partial charge is 0.316 e. The Bertz CT molecular complexity index is 176. The van der Waals surface area contributed by atoms with E-state index in [4.69, 9.17) is 0 Å². The lowest BCUT2D eigenvalue weighted by Gasteiger charge is -2.21. The second-order valence-corrected chi connectivity index (χ2v) is 5.80. The van der Waals surface area contributed by atoms with E-state index in [9.17, 15) is 0 Å². The summed E-state index contributed by atoms with van der Waals surface area (Å²) in [6.45, 7) is 13.2. The summed E-state index contributed by atoms with van der Waals surface area (Å²) in [6, 6.07) is 0. The normalized spacial score (nSPS) is 17.5. The summed E-state index contributed by atoms with van der Waals surface area (Å²) in [5.41, 5.74) is 0. The van der Waals surface area contributed by atoms with Crippen molar-refractivity contribution in [3.05, 3.63) is 0 Å². The quantitative estimate of drug-likeness (QED) is 0.619. The van der Waals surface area contributed by atoms with Crippen LogP contribution in [0.2, 0.25) is 0 Å². The van der Waals surface area contributed by atoms with Gasteiger partial charge in [0.25, 0.3) is 0 Å². The van der Waals surface area contributed by atoms with Gasteiger partial charge in [-0.15, -0.1) is 0 Å². The van der Waals surface area contributed by atoms with Crippen molar-refractivity contribution >= 4 is 0 Å². The number of hydrogen-bond acceptors (Lipinski definition) is 3. The predicted molar refractivity (Wildman–Crippen MR) is 75.5 cm³/mol. The molecule has 1 aliphatic heterocycles. The van der Waals surface area contributed by atoms with Crippen molar-refractivity contribution in [3.63, 3.8) is 0 Å². The molecular formula is C14H31N3. The summed E-state index contributed by atoms with van der Waals surface area (Å²) in [7, 11) is 2.25. The monoisotopic (exact) mass is 241 g/mol. The summed E-state index contributed by atoms with van der Waals surface area (Å²) in [4.78, 5) is 5.06. The smallest absolute Gasteiger partial charge is 0.0109 e. The number of rotatable bonds is 9. The summed E-state index contributed by atoms with van der Waals surface area (Å²) in [5, 5.41) is 3.50. The molecule has 0 aliphatic carbocycles. The maximum absolute atomic E-state index is 3.50. The third-order valence-electron chi connectivity index (χ3n) is 3.44. The topological polar surface area (TPSA) is 18.5 Å². The van der Waals surface area contributed by atoms with Gasteiger partial charge in [0.1, 0.15) is 0 Å². The van der Waals surface area contributed by atoms with Crippen LogP contribution in [0, 0.1) is 5.92 Å². The first kappa shape index (κ1) is 14.9. The number of likely N-dealkylation sites (tertiary alicyclic amines) is 1. The average Bonchev–Trinajstić information content (AvgIpc) is 2.78. The third-order valence-corrected chi connectivity index (χ3v) is 3.44. The van der Waals surface area contributed by atoms with E-state index in [1.165, 1.54) is 52.0 Å². The molecule has 0 atom stereocenters. The second-order valence-electron chi connectivity index (χ2n) is 5.80. The SMILES string of the molecule is CC(C)CNCCCN(C)CCN1CCCC1. The Balaban J connectivity index is 1.88. The molecule has 0 unspecified atom stereocenters. The number of nitrogens with one attached hydrogen (secondary N) is 1. The zero-order chi connectivity index (χ0) is 12.5. The van der Waals surface area contributed by atoms with Crippen molar-refractivity contribution in [1.82, 2.24) is 15.1 Å². The molecule has 1 rings (SSSR count). The lowest BCUT2D eigenvalue weighted by Crippen LogP contribution is -2.33. The van der Waals surface area contributed by atoms with Gasteiger partial charge >= 0.3 is 0 Å². The molecule has 0 aromatic heterocycles. The molecule has 3 nitrogen and oxygen atoms in total. The summed E-state index contributed by atoms with van der Waals surface area (Å²) in [6.07, 6.45) is 4.08. The zero-order valence-electron chi connectivity index (χ0n) is 12.0. The first-order chi connectivity index (χ1) is 8.18. The Morgan fingerprint density at radius 3 is 2.53 bits per heavy atom. The molecule has 0 bridgehead atoms. The van der Waals surface area contributed by atoms with Crippen molar-refractivity contribution in [2.45, 2.75) is 33.1 Å². The lowest BCUT2D eigenvalue weighted by molar-refractivity contribution is 0.254. The van der Waals surface area contributed by atoms with Crippen LogP contribution in [0.25, 0.3) is 0 Å². The number of nitrogens with zero attached hydrogens (tertiary/aromatic N) is 2. The molecule has 1 heterocycles. The van der Waals surface area contributed by atoms with Gasteiger partial charge in [-0.05, 0) is 65.0 Å². The highest BCUT2D eigenvalue weighted by molar-refractivity contribution is 4.67. The van der Waals surface area contributed by atoms with E-state index < -0.39 is 0 Å². The molecule has 0 aromatic rings. The van der Waals surface area contributed by atoms with Gasteiger partial charge in [-0.1, -0.05) is 13.8 Å². The van der Waals surface area contributed by atoms with Crippen LogP contribution in [0.15, 0.2) is 0 Å². The van der Waals surface area contributed by atoms with Gasteiger partial charge in [0, 0.05) is 13.1 Å². The van der Waals surface area contributed by atoms with Crippen LogP contribution < -0.4 is 5.32 Å². The first-order valence-corrected chi connectivity index (χ1v) is 7.30. The van der Waals surface area contributed by atoms with E-state index >= 15 is 0 Å². The van der Waals surface area contributed by atoms with E-state index in [0.717, 1.165) is 19.0 Å². The summed E-state index contributed by atoms with van der Waals surface area (Å²) < 4.78 is 0. The predicted octanol–water partition coefficient (Wildman–Crippen LogP) is 1.65. The molecule has 0 amide bonds. The molecule has 0 spiro atoms. The first-order valence-electron chi connectivity index (χ1n) is 7.30. The molecule has 102 valence electrons. The van der Waals surface area contributed by atoms with Crippen molar-refractivity contribution in [3.8, 4) is 0 Å². The standard InChI is InChI=1S/C14H31N3/c1-14(2)13-15-7-6-8-16(3)11-12-17-9-4-5-10-17/h14-15H,4-13H2,1-3H3. The Morgan fingerprint density at radius 1 is 1.18 bits per heavy atom. The van der Waals surface area contributed by atoms with Gasteiger partial charge in [0.05, 0.1) is 0 Å². The van der Waals surface area contributed by atoms with E-state index in [2.05, 4.69) is 36.0 Å². The number of likely N-dealkylation sites (N-methyl/N-ethyl adjacent to an activating group) is 1. The minimum Gasteiger partial charge on any atom is -0.316 e. The molecule has 1 fully saturated rings. The van der Waals surface area contributed by atoms with Gasteiger partial charge in [0.2, 0.25) is 0 Å². The van der Waals surface area contributed by atoms with Crippen LogP contribution in [0.1, 0.15) is 33.1 Å². The van der Waals surface area contributed by atoms with Crippen molar-refractivity contribution < 1.29 is 0 Å². The minimum absolute atomic E-state index is 0.767. The van der Waals surface area contributed by atoms with E-state index in [1.54, 1.807) is 0 Å². The van der Waals surface area contributed by atoms with Crippen LogP contribution in [0.5, 0.6) is 0 Å². The molecule has 1 aliphatic rings. The van der Waals surface area contributed by atoms with Gasteiger partial charge in [-0.2, -0.15) is 0 Å². The van der Waals surface area contributed by atoms with E-state index in [1.807, 2.05) is 0 Å². The van der Waals surface area contributed by atoms with E-state index in [0.29, 0.717) is 0 Å². The van der Waals surface area contributed by atoms with Crippen LogP contribution in [0.3, 0.4) is 0 Å². The Morgan fingerprint density at radius 2 is 1.88 bits per heavy atom. The highest BCUT2D eigenvalue weighted by atomic mass is 15.2. The molecule has 1 saturated heterocycles. The Labute approximate surface area is 108 Å². The zero-order valence-corrected chi connectivity index (χ0v) is 12.0. The molecule has 0 saturated carbocycles. The molecular weight excluding hydrogens is 210 g/mol. The summed E-state index contributed by atoms with van der Waals surface area (Å²) in [5.74, 6) is 0.767. The minimum atomic E-state index is 0.767. The van der Waals surface area contributed by atoms with Crippen LogP contribution in [-0.2, 0) is 0 Å². The average molecular weight is 241 g/mol. The van der Waals surface area contributed by atoms with Crippen molar-refractivity contribution in [2.24, 2.45) is 5.92 Å². The second kappa shape index (κ2) is 8.90. The fourth-order valence-electron chi connectivity index (χ4n) is 2.29. The molecule has 3 heteroatoms. The van der Waals surface area contributed by atoms with Crippen molar-refractivity contribution in [2.75, 3.05) is 52.9 Å². The van der Waals surface area contributed by atoms with E-state index in [-0.39, 0.29) is 0 Å². The fraction of sp³-hybridized carbons (Fsp3) is 1.00. The van der Waals surface area contributed by atoms with Gasteiger partial charge in [0.15, 0.2) is 0 Å². The molecule has 0 radical (unpaired) electrons. The lowest BCUT2D eigenvalue weighted by atomic mass is 10.2. The van der Waals surface area contributed by atoms with Gasteiger partial charge < -0.3 is 15.1 Å².